The van der Waals surface area contributed by atoms with Crippen LogP contribution in [0.5, 0.6) is 5.75 Å². The number of hydrogen-bond donors (Lipinski definition) is 1. The van der Waals surface area contributed by atoms with Gasteiger partial charge in [0, 0.05) is 33.6 Å². The summed E-state index contributed by atoms with van der Waals surface area (Å²) in [5.41, 5.74) is -1.14. The lowest BCUT2D eigenvalue weighted by atomic mass is 10.0. The van der Waals surface area contributed by atoms with Gasteiger partial charge in [-0.05, 0) is 33.1 Å². The average molecular weight is 505 g/mol. The number of aromatic nitrogens is 2. The van der Waals surface area contributed by atoms with E-state index in [-0.39, 0.29) is 26.0 Å². The van der Waals surface area contributed by atoms with Gasteiger partial charge in [0.1, 0.15) is 0 Å². The first-order chi connectivity index (χ1) is 15.3. The molecule has 1 N–H and O–H groups in total. The quantitative estimate of drug-likeness (QED) is 0.590. The van der Waals surface area contributed by atoms with Gasteiger partial charge < -0.3 is 10.1 Å². The van der Waals surface area contributed by atoms with Crippen LogP contribution in [0.15, 0.2) is 6.20 Å². The summed E-state index contributed by atoms with van der Waals surface area (Å²) in [6, 6.07) is -0.381. The van der Waals surface area contributed by atoms with Gasteiger partial charge in [-0.15, -0.1) is 0 Å². The van der Waals surface area contributed by atoms with Crippen LogP contribution in [-0.2, 0) is 24.8 Å². The maximum Gasteiger partial charge on any atom is 0.272 e. The molecule has 14 heteroatoms. The third-order valence-corrected chi connectivity index (χ3v) is 8.85. The summed E-state index contributed by atoms with van der Waals surface area (Å²) in [6.07, 6.45) is 5.57. The van der Waals surface area contributed by atoms with E-state index in [0.717, 1.165) is 6.26 Å². The second-order valence-electron chi connectivity index (χ2n) is 9.31. The van der Waals surface area contributed by atoms with Crippen molar-refractivity contribution in [1.82, 2.24) is 18.6 Å². The highest BCUT2D eigenvalue weighted by atomic mass is 32.2. The van der Waals surface area contributed by atoms with E-state index in [1.54, 1.807) is 18.7 Å². The number of ether oxygens (including phenoxy) is 1. The molecule has 4 heterocycles. The lowest BCUT2D eigenvalue weighted by Crippen LogP contribution is -2.57. The zero-order chi connectivity index (χ0) is 24.2. The van der Waals surface area contributed by atoms with Crippen molar-refractivity contribution >= 4 is 37.7 Å². The molecular weight excluding hydrogens is 472 g/mol. The number of amides is 1. The summed E-state index contributed by atoms with van der Waals surface area (Å²) in [5, 5.41) is 3.24. The fourth-order valence-electron chi connectivity index (χ4n) is 4.46. The van der Waals surface area contributed by atoms with Crippen LogP contribution in [0.1, 0.15) is 34.5 Å². The maximum absolute atomic E-state index is 13.3. The number of fused-ring (bicyclic) bond motifs is 1. The minimum Gasteiger partial charge on any atom is -0.472 e. The molecular formula is C19H32N6O6S2. The first-order valence-corrected chi connectivity index (χ1v) is 14.5. The number of nitrogens with zero attached hydrogens (tertiary/aromatic N) is 5. The molecule has 2 fully saturated rings. The van der Waals surface area contributed by atoms with Crippen molar-refractivity contribution in [2.45, 2.75) is 50.8 Å². The van der Waals surface area contributed by atoms with Crippen molar-refractivity contribution in [1.29, 1.82) is 0 Å². The lowest BCUT2D eigenvalue weighted by Gasteiger charge is -2.40. The van der Waals surface area contributed by atoms with Gasteiger partial charge in [-0.1, -0.05) is 0 Å². The minimum absolute atomic E-state index is 0. The van der Waals surface area contributed by atoms with Gasteiger partial charge in [0.05, 0.1) is 24.8 Å². The molecule has 1 aromatic heterocycles. The van der Waals surface area contributed by atoms with E-state index < -0.39 is 25.6 Å². The molecule has 1 atom stereocenters. The lowest BCUT2D eigenvalue weighted by molar-refractivity contribution is -0.133. The van der Waals surface area contributed by atoms with Gasteiger partial charge in [0.15, 0.2) is 17.2 Å². The molecule has 0 bridgehead atoms. The van der Waals surface area contributed by atoms with Crippen LogP contribution in [0.2, 0.25) is 0 Å². The second kappa shape index (κ2) is 8.32. The van der Waals surface area contributed by atoms with Crippen LogP contribution in [0.25, 0.3) is 0 Å². The van der Waals surface area contributed by atoms with E-state index in [4.69, 9.17) is 4.74 Å². The third-order valence-electron chi connectivity index (χ3n) is 6.28. The Balaban J connectivity index is 0.00000324. The number of carbonyl (C=O) groups excluding carboxylic acids is 1. The summed E-state index contributed by atoms with van der Waals surface area (Å²) in [4.78, 5) is 23.7. The van der Waals surface area contributed by atoms with E-state index >= 15 is 0 Å². The van der Waals surface area contributed by atoms with Crippen LogP contribution in [0.4, 0.5) is 11.8 Å². The Morgan fingerprint density at radius 3 is 2.24 bits per heavy atom. The van der Waals surface area contributed by atoms with Crippen molar-refractivity contribution in [3.8, 4) is 5.75 Å². The predicted octanol–water partition coefficient (Wildman–Crippen LogP) is 0.0964. The van der Waals surface area contributed by atoms with Gasteiger partial charge in [0.25, 0.3) is 5.91 Å². The SMILES string of the molecule is CC1(C)Oc2cnc(NC3CCN(S(C)(=O)=O)CC3)nc2N([C@H]2CCN(S(C)(=O)=O)C2)C1=O.[HH]. The van der Waals surface area contributed by atoms with Crippen molar-refractivity contribution in [3.63, 3.8) is 0 Å². The molecule has 1 amide bonds. The van der Waals surface area contributed by atoms with E-state index in [0.29, 0.717) is 56.4 Å². The Labute approximate surface area is 195 Å². The second-order valence-corrected chi connectivity index (χ2v) is 13.3. The zero-order valence-electron chi connectivity index (χ0n) is 19.2. The maximum atomic E-state index is 13.3. The zero-order valence-corrected chi connectivity index (χ0v) is 20.8. The molecule has 12 nitrogen and oxygen atoms in total. The average Bonchev–Trinajstić information content (AvgIpc) is 3.19. The summed E-state index contributed by atoms with van der Waals surface area (Å²) >= 11 is 0. The van der Waals surface area contributed by atoms with E-state index in [2.05, 4.69) is 15.3 Å². The van der Waals surface area contributed by atoms with Crippen molar-refractivity contribution < 1.29 is 27.8 Å². The molecule has 0 spiro atoms. The van der Waals surface area contributed by atoms with Gasteiger partial charge in [0.2, 0.25) is 26.0 Å². The first-order valence-electron chi connectivity index (χ1n) is 10.8. The predicted molar refractivity (Wildman–Crippen MR) is 124 cm³/mol. The Morgan fingerprint density at radius 2 is 1.67 bits per heavy atom. The first kappa shape index (κ1) is 24.1. The largest absolute Gasteiger partial charge is 0.472 e. The highest BCUT2D eigenvalue weighted by Crippen LogP contribution is 2.39. The molecule has 4 rings (SSSR count). The van der Waals surface area contributed by atoms with Gasteiger partial charge >= 0.3 is 0 Å². The van der Waals surface area contributed by atoms with E-state index in [1.165, 1.54) is 21.1 Å². The molecule has 33 heavy (non-hydrogen) atoms. The number of hydrogen-bond acceptors (Lipinski definition) is 9. The molecule has 0 unspecified atom stereocenters. The third kappa shape index (κ3) is 4.93. The smallest absolute Gasteiger partial charge is 0.272 e. The Morgan fingerprint density at radius 1 is 1.06 bits per heavy atom. The fraction of sp³-hybridized carbons (Fsp3) is 0.737. The fourth-order valence-corrected chi connectivity index (χ4v) is 6.21. The van der Waals surface area contributed by atoms with Crippen molar-refractivity contribution in [2.24, 2.45) is 0 Å². The molecule has 0 aliphatic carbocycles. The highest BCUT2D eigenvalue weighted by Gasteiger charge is 2.47. The number of carbonyl (C=O) groups is 1. The van der Waals surface area contributed by atoms with E-state index in [1.807, 2.05) is 0 Å². The minimum atomic E-state index is -3.37. The van der Waals surface area contributed by atoms with Crippen LogP contribution in [0.3, 0.4) is 0 Å². The standard InChI is InChI=1S/C19H30N6O6S2.H2/c1-19(2)17(26)25(14-7-10-24(12-14)33(4,29)30)16-15(31-19)11-20-18(22-16)21-13-5-8-23(9-6-13)32(3,27)28;/h11,13-14H,5-10,12H2,1-4H3,(H,20,21,22);1H/t14-;/m0./s1. The molecule has 3 aliphatic rings. The van der Waals surface area contributed by atoms with Crippen LogP contribution in [-0.4, -0.2) is 97.7 Å². The van der Waals surface area contributed by atoms with Crippen molar-refractivity contribution in [3.05, 3.63) is 6.20 Å². The molecule has 2 saturated heterocycles. The molecule has 1 aromatic rings. The van der Waals surface area contributed by atoms with Gasteiger partial charge in [-0.25, -0.2) is 30.4 Å². The summed E-state index contributed by atoms with van der Waals surface area (Å²) < 4.78 is 56.1. The monoisotopic (exact) mass is 504 g/mol. The summed E-state index contributed by atoms with van der Waals surface area (Å²) in [7, 11) is -6.58. The molecule has 0 aromatic carbocycles. The Hall–Kier alpha value is -2.03. The van der Waals surface area contributed by atoms with Gasteiger partial charge in [-0.2, -0.15) is 4.98 Å². The summed E-state index contributed by atoms with van der Waals surface area (Å²) in [5.74, 6) is 0.688. The summed E-state index contributed by atoms with van der Waals surface area (Å²) in [6.45, 7) is 4.67. The van der Waals surface area contributed by atoms with Crippen LogP contribution >= 0.6 is 0 Å². The van der Waals surface area contributed by atoms with Gasteiger partial charge in [-0.3, -0.25) is 9.69 Å². The topological polar surface area (TPSA) is 142 Å². The number of nitrogens with one attached hydrogen (secondary N) is 1. The number of sulfonamides is 2. The van der Waals surface area contributed by atoms with Crippen molar-refractivity contribution in [2.75, 3.05) is 48.9 Å². The van der Waals surface area contributed by atoms with E-state index in [9.17, 15) is 21.6 Å². The number of piperidine rings is 1. The highest BCUT2D eigenvalue weighted by molar-refractivity contribution is 7.88. The molecule has 3 aliphatic heterocycles. The van der Waals surface area contributed by atoms with Crippen LogP contribution < -0.4 is 15.0 Å². The number of rotatable bonds is 5. The normalized spacial score (nSPS) is 25.0. The molecule has 0 radical (unpaired) electrons. The molecule has 0 saturated carbocycles. The van der Waals surface area contributed by atoms with Crippen LogP contribution in [0, 0.1) is 0 Å². The Kier molecular flexibility index (Phi) is 6.08. The number of anilines is 2. The molecule has 186 valence electrons. The Bertz CT molecular complexity index is 1150.